The van der Waals surface area contributed by atoms with Crippen molar-refractivity contribution < 1.29 is 32.2 Å². The van der Waals surface area contributed by atoms with Gasteiger partial charge in [-0.05, 0) is 50.2 Å². The molecule has 8 nitrogen and oxygen atoms in total. The molecule has 0 saturated heterocycles. The Morgan fingerprint density at radius 3 is 2.37 bits per heavy atom. The quantitative estimate of drug-likeness (QED) is 0.439. The Morgan fingerprint density at radius 1 is 1.00 bits per heavy atom. The summed E-state index contributed by atoms with van der Waals surface area (Å²) in [7, 11) is 1.49. The van der Waals surface area contributed by atoms with Crippen LogP contribution in [0.25, 0.3) is 5.69 Å². The zero-order chi connectivity index (χ0) is 25.6. The predicted molar refractivity (Wildman–Crippen MR) is 124 cm³/mol. The molecule has 0 atom stereocenters. The van der Waals surface area contributed by atoms with E-state index in [1.807, 2.05) is 0 Å². The van der Waals surface area contributed by atoms with Crippen molar-refractivity contribution >= 4 is 23.4 Å². The van der Waals surface area contributed by atoms with Gasteiger partial charge in [0.2, 0.25) is 5.91 Å². The number of alkyl halides is 3. The van der Waals surface area contributed by atoms with E-state index in [-0.39, 0.29) is 31.2 Å². The highest BCUT2D eigenvalue weighted by atomic mass is 19.4. The number of aromatic nitrogens is 2. The molecule has 0 fully saturated rings. The fraction of sp³-hybridized carbons (Fsp3) is 0.292. The van der Waals surface area contributed by atoms with Crippen LogP contribution in [0.2, 0.25) is 0 Å². The van der Waals surface area contributed by atoms with Crippen LogP contribution in [0.15, 0.2) is 48.5 Å². The molecular formula is C24H25F3N4O4. The Balaban J connectivity index is 1.70. The number of anilines is 2. The molecule has 3 aromatic rings. The number of amides is 2. The summed E-state index contributed by atoms with van der Waals surface area (Å²) in [5.41, 5.74) is 2.05. The topological polar surface area (TPSA) is 94.5 Å². The van der Waals surface area contributed by atoms with Crippen LogP contribution in [0.5, 0.6) is 0 Å². The van der Waals surface area contributed by atoms with Crippen molar-refractivity contribution in [3.05, 3.63) is 71.0 Å². The molecule has 3 rings (SSSR count). The van der Waals surface area contributed by atoms with E-state index in [9.17, 15) is 22.8 Å². The lowest BCUT2D eigenvalue weighted by Gasteiger charge is -2.11. The maximum atomic E-state index is 13.1. The van der Waals surface area contributed by atoms with Crippen LogP contribution in [0, 0.1) is 13.8 Å². The lowest BCUT2D eigenvalue weighted by atomic mass is 10.1. The summed E-state index contributed by atoms with van der Waals surface area (Å²) in [5.74, 6) is -0.348. The van der Waals surface area contributed by atoms with Crippen LogP contribution < -0.4 is 10.6 Å². The maximum Gasteiger partial charge on any atom is 0.416 e. The molecule has 1 heterocycles. The van der Waals surface area contributed by atoms with Gasteiger partial charge in [0.15, 0.2) is 0 Å². The Bertz CT molecular complexity index is 1210. The number of aryl methyl sites for hydroxylation is 1. The molecule has 2 amide bonds. The van der Waals surface area contributed by atoms with Gasteiger partial charge in [-0.3, -0.25) is 10.1 Å². The van der Waals surface area contributed by atoms with Crippen molar-refractivity contribution in [2.75, 3.05) is 31.0 Å². The first-order valence-corrected chi connectivity index (χ1v) is 10.6. The lowest BCUT2D eigenvalue weighted by molar-refractivity contribution is -0.137. The molecule has 0 saturated carbocycles. The standard InChI is InChI=1S/C24H25F3N4O4/c1-15-21(16(2)31(30-15)20-9-4-6-17(12-20)24(25,26)27)14-22(32)28-18-7-5-8-19(13-18)29-23(33)35-11-10-34-3/h4-9,12-13H,10-11,14H2,1-3H3,(H,28,32)(H,29,33). The summed E-state index contributed by atoms with van der Waals surface area (Å²) in [6.07, 6.45) is -5.16. The predicted octanol–water partition coefficient (Wildman–Crippen LogP) is 4.88. The third-order valence-corrected chi connectivity index (χ3v) is 5.11. The number of carbonyl (C=O) groups excluding carboxylic acids is 2. The number of ether oxygens (including phenoxy) is 2. The largest absolute Gasteiger partial charge is 0.447 e. The van der Waals surface area contributed by atoms with E-state index in [0.717, 1.165) is 12.1 Å². The Labute approximate surface area is 200 Å². The zero-order valence-corrected chi connectivity index (χ0v) is 19.4. The maximum absolute atomic E-state index is 13.1. The number of rotatable bonds is 8. The molecule has 0 aliphatic heterocycles. The number of halogens is 3. The van der Waals surface area contributed by atoms with Crippen molar-refractivity contribution in [1.82, 2.24) is 9.78 Å². The summed E-state index contributed by atoms with van der Waals surface area (Å²) in [6, 6.07) is 11.4. The second-order valence-corrected chi connectivity index (χ2v) is 7.67. The van der Waals surface area contributed by atoms with Crippen molar-refractivity contribution in [2.24, 2.45) is 0 Å². The van der Waals surface area contributed by atoms with E-state index in [1.54, 1.807) is 38.1 Å². The number of nitrogens with one attached hydrogen (secondary N) is 2. The summed E-state index contributed by atoms with van der Waals surface area (Å²) in [6.45, 7) is 3.76. The van der Waals surface area contributed by atoms with Crippen molar-refractivity contribution in [2.45, 2.75) is 26.4 Å². The first-order chi connectivity index (χ1) is 16.6. The Hall–Kier alpha value is -3.86. The van der Waals surface area contributed by atoms with Crippen molar-refractivity contribution in [3.8, 4) is 5.69 Å². The summed E-state index contributed by atoms with van der Waals surface area (Å²) in [4.78, 5) is 24.5. The summed E-state index contributed by atoms with van der Waals surface area (Å²) in [5, 5.41) is 9.65. The van der Waals surface area contributed by atoms with E-state index in [4.69, 9.17) is 9.47 Å². The van der Waals surface area contributed by atoms with Gasteiger partial charge >= 0.3 is 12.3 Å². The number of benzene rings is 2. The SMILES string of the molecule is COCCOC(=O)Nc1cccc(NC(=O)Cc2c(C)nn(-c3cccc(C(F)(F)F)c3)c2C)c1. The second-order valence-electron chi connectivity index (χ2n) is 7.67. The molecule has 1 aromatic heterocycles. The molecule has 11 heteroatoms. The first-order valence-electron chi connectivity index (χ1n) is 10.6. The second kappa shape index (κ2) is 11.0. The van der Waals surface area contributed by atoms with Gasteiger partial charge in [0.1, 0.15) is 6.61 Å². The zero-order valence-electron chi connectivity index (χ0n) is 19.4. The smallest absolute Gasteiger partial charge is 0.416 e. The van der Waals surface area contributed by atoms with Gasteiger partial charge in [0.05, 0.1) is 30.0 Å². The van der Waals surface area contributed by atoms with Crippen LogP contribution >= 0.6 is 0 Å². The van der Waals surface area contributed by atoms with Gasteiger partial charge in [-0.15, -0.1) is 0 Å². The molecule has 0 aliphatic rings. The molecule has 0 spiro atoms. The minimum atomic E-state index is -4.47. The average Bonchev–Trinajstić information content (AvgIpc) is 3.07. The average molecular weight is 490 g/mol. The van der Waals surface area contributed by atoms with E-state index < -0.39 is 17.8 Å². The van der Waals surface area contributed by atoms with Gasteiger partial charge in [-0.1, -0.05) is 12.1 Å². The summed E-state index contributed by atoms with van der Waals surface area (Å²) >= 11 is 0. The Morgan fingerprint density at radius 2 is 1.69 bits per heavy atom. The van der Waals surface area contributed by atoms with Gasteiger partial charge in [-0.25, -0.2) is 9.48 Å². The van der Waals surface area contributed by atoms with E-state index in [0.29, 0.717) is 28.3 Å². The minimum absolute atomic E-state index is 0.0344. The van der Waals surface area contributed by atoms with E-state index in [1.165, 1.54) is 23.9 Å². The number of hydrogen-bond acceptors (Lipinski definition) is 5. The van der Waals surface area contributed by atoms with Crippen LogP contribution in [-0.2, 0) is 26.9 Å². The molecule has 0 aliphatic carbocycles. The first kappa shape index (κ1) is 25.8. The third-order valence-electron chi connectivity index (χ3n) is 5.11. The van der Waals surface area contributed by atoms with Crippen molar-refractivity contribution in [1.29, 1.82) is 0 Å². The minimum Gasteiger partial charge on any atom is -0.447 e. The molecule has 2 N–H and O–H groups in total. The molecule has 186 valence electrons. The van der Waals surface area contributed by atoms with Crippen LogP contribution in [-0.4, -0.2) is 42.1 Å². The lowest BCUT2D eigenvalue weighted by Crippen LogP contribution is -2.17. The molecule has 0 bridgehead atoms. The number of methoxy groups -OCH3 is 1. The van der Waals surface area contributed by atoms with Crippen LogP contribution in [0.1, 0.15) is 22.5 Å². The van der Waals surface area contributed by atoms with Crippen LogP contribution in [0.3, 0.4) is 0 Å². The van der Waals surface area contributed by atoms with Gasteiger partial charge < -0.3 is 14.8 Å². The monoisotopic (exact) mass is 490 g/mol. The summed E-state index contributed by atoms with van der Waals surface area (Å²) < 4.78 is 50.4. The van der Waals surface area contributed by atoms with E-state index in [2.05, 4.69) is 15.7 Å². The number of nitrogens with zero attached hydrogens (tertiary/aromatic N) is 2. The Kier molecular flexibility index (Phi) is 8.13. The fourth-order valence-corrected chi connectivity index (χ4v) is 3.41. The highest BCUT2D eigenvalue weighted by Crippen LogP contribution is 2.31. The normalized spacial score (nSPS) is 11.3. The highest BCUT2D eigenvalue weighted by Gasteiger charge is 2.30. The molecule has 0 unspecified atom stereocenters. The number of carbonyl (C=O) groups is 2. The molecule has 35 heavy (non-hydrogen) atoms. The van der Waals surface area contributed by atoms with Gasteiger partial charge in [-0.2, -0.15) is 18.3 Å². The highest BCUT2D eigenvalue weighted by molar-refractivity contribution is 5.94. The molecule has 0 radical (unpaired) electrons. The van der Waals surface area contributed by atoms with Crippen molar-refractivity contribution in [3.63, 3.8) is 0 Å². The third kappa shape index (κ3) is 6.82. The molecule has 2 aromatic carbocycles. The molecular weight excluding hydrogens is 465 g/mol. The number of hydrogen-bond donors (Lipinski definition) is 2. The van der Waals surface area contributed by atoms with Gasteiger partial charge in [0.25, 0.3) is 0 Å². The fourth-order valence-electron chi connectivity index (χ4n) is 3.41. The van der Waals surface area contributed by atoms with Crippen LogP contribution in [0.4, 0.5) is 29.3 Å². The van der Waals surface area contributed by atoms with Gasteiger partial charge in [0, 0.05) is 29.7 Å². The van der Waals surface area contributed by atoms with E-state index >= 15 is 0 Å².